The molecule has 0 saturated heterocycles. The summed E-state index contributed by atoms with van der Waals surface area (Å²) in [5.74, 6) is 0.0271. The fourth-order valence-electron chi connectivity index (χ4n) is 5.46. The summed E-state index contributed by atoms with van der Waals surface area (Å²) >= 11 is 5.83. The second-order valence-corrected chi connectivity index (χ2v) is 12.3. The van der Waals surface area contributed by atoms with E-state index in [1.54, 1.807) is 24.2 Å². The van der Waals surface area contributed by atoms with Crippen LogP contribution < -0.4 is 5.32 Å². The average Bonchev–Trinajstić information content (AvgIpc) is 3.34. The molecule has 4 rings (SSSR count). The van der Waals surface area contributed by atoms with Crippen LogP contribution in [-0.4, -0.2) is 49.4 Å². The summed E-state index contributed by atoms with van der Waals surface area (Å²) in [4.78, 5) is 17.5. The topological polar surface area (TPSA) is 96.6 Å². The van der Waals surface area contributed by atoms with Crippen LogP contribution in [0.25, 0.3) is 0 Å². The Morgan fingerprint density at radius 1 is 1.41 bits per heavy atom. The van der Waals surface area contributed by atoms with E-state index in [2.05, 4.69) is 14.7 Å². The first-order valence-electron chi connectivity index (χ1n) is 10.6. The lowest BCUT2D eigenvalue weighted by atomic mass is 9.93. The lowest BCUT2D eigenvalue weighted by Gasteiger charge is -2.25. The molecule has 7 nitrogen and oxygen atoms in total. The molecule has 0 aliphatic heterocycles. The summed E-state index contributed by atoms with van der Waals surface area (Å²) in [6.45, 7) is 0. The Hall–Kier alpha value is -1.97. The zero-order chi connectivity index (χ0) is 23.3. The lowest BCUT2D eigenvalue weighted by molar-refractivity contribution is 0.0618. The second kappa shape index (κ2) is 8.43. The van der Waals surface area contributed by atoms with Crippen LogP contribution in [0.2, 0.25) is 5.02 Å². The highest BCUT2D eigenvalue weighted by Gasteiger charge is 2.50. The van der Waals surface area contributed by atoms with Gasteiger partial charge in [0.1, 0.15) is 11.5 Å². The monoisotopic (exact) mass is 482 g/mol. The van der Waals surface area contributed by atoms with E-state index in [1.165, 1.54) is 25.2 Å². The van der Waals surface area contributed by atoms with E-state index >= 15 is 0 Å². The number of fused-ring (bicyclic) bond motifs is 1. The predicted molar refractivity (Wildman–Crippen MR) is 123 cm³/mol. The smallest absolute Gasteiger partial charge is 0.274 e. The van der Waals surface area contributed by atoms with E-state index in [0.29, 0.717) is 36.1 Å². The molecule has 1 amide bonds. The van der Waals surface area contributed by atoms with E-state index in [9.17, 15) is 18.5 Å². The number of halogens is 2. The Morgan fingerprint density at radius 3 is 2.66 bits per heavy atom. The number of carbonyl (C=O) groups is 1. The van der Waals surface area contributed by atoms with Crippen molar-refractivity contribution in [3.8, 4) is 0 Å². The van der Waals surface area contributed by atoms with Gasteiger partial charge >= 0.3 is 0 Å². The molecule has 0 radical (unpaired) electrons. The van der Waals surface area contributed by atoms with Crippen LogP contribution in [0.15, 0.2) is 28.9 Å². The van der Waals surface area contributed by atoms with Gasteiger partial charge in [0.25, 0.3) is 5.91 Å². The van der Waals surface area contributed by atoms with Crippen LogP contribution in [0.5, 0.6) is 0 Å². The second-order valence-electron chi connectivity index (χ2n) is 9.28. The van der Waals surface area contributed by atoms with Gasteiger partial charge in [0, 0.05) is 41.7 Å². The van der Waals surface area contributed by atoms with Gasteiger partial charge in [0.05, 0.1) is 28.4 Å². The lowest BCUT2D eigenvalue weighted by Crippen LogP contribution is -2.34. The number of rotatable bonds is 5. The van der Waals surface area contributed by atoms with Gasteiger partial charge in [0.15, 0.2) is 0 Å². The van der Waals surface area contributed by atoms with E-state index in [-0.39, 0.29) is 22.6 Å². The zero-order valence-corrected chi connectivity index (χ0v) is 19.9. The first-order chi connectivity index (χ1) is 15.0. The molecule has 2 saturated carbocycles. The van der Waals surface area contributed by atoms with Crippen molar-refractivity contribution in [3.05, 3.63) is 46.8 Å². The summed E-state index contributed by atoms with van der Waals surface area (Å²) in [6, 6.07) is 4.05. The van der Waals surface area contributed by atoms with Crippen molar-refractivity contribution in [3.63, 3.8) is 0 Å². The van der Waals surface area contributed by atoms with Gasteiger partial charge in [-0.05, 0) is 55.7 Å². The molecule has 1 heterocycles. The summed E-state index contributed by atoms with van der Waals surface area (Å²) in [7, 11) is 0.916. The number of benzene rings is 1. The van der Waals surface area contributed by atoms with Gasteiger partial charge in [-0.1, -0.05) is 11.6 Å². The number of aryl methyl sites for hydroxylation is 1. The molecular formula is C22H28ClFN4O3S. The van der Waals surface area contributed by atoms with Crippen molar-refractivity contribution in [1.82, 2.24) is 9.55 Å². The molecule has 1 aromatic heterocycles. The minimum atomic E-state index is -2.38. The Labute approximate surface area is 192 Å². The molecule has 3 unspecified atom stereocenters. The van der Waals surface area contributed by atoms with E-state index in [1.807, 2.05) is 0 Å². The van der Waals surface area contributed by atoms with Crippen LogP contribution in [0, 0.1) is 17.7 Å². The molecular weight excluding hydrogens is 455 g/mol. The minimum absolute atomic E-state index is 0.0592. The molecule has 32 heavy (non-hydrogen) atoms. The van der Waals surface area contributed by atoms with E-state index in [0.717, 1.165) is 18.5 Å². The molecule has 2 N–H and O–H groups in total. The Balaban J connectivity index is 1.49. The molecule has 2 aliphatic rings. The SMILES string of the molecule is CN=S(C)(=O)CC1(O)CC2CC(c3ncn(C)c3C(=O)Nc3ccc(F)c(Cl)c3)CC2C1. The van der Waals surface area contributed by atoms with Crippen molar-refractivity contribution in [2.24, 2.45) is 23.2 Å². The third kappa shape index (κ3) is 4.56. The Kier molecular flexibility index (Phi) is 6.11. The largest absolute Gasteiger partial charge is 0.389 e. The van der Waals surface area contributed by atoms with Crippen LogP contribution in [-0.2, 0) is 16.8 Å². The summed E-state index contributed by atoms with van der Waals surface area (Å²) in [5.41, 5.74) is 0.662. The molecule has 2 aliphatic carbocycles. The van der Waals surface area contributed by atoms with Crippen LogP contribution in [0.3, 0.4) is 0 Å². The normalized spacial score (nSPS) is 28.9. The maximum absolute atomic E-state index is 13.4. The maximum atomic E-state index is 13.4. The van der Waals surface area contributed by atoms with Crippen molar-refractivity contribution in [2.45, 2.75) is 37.2 Å². The molecule has 3 atom stereocenters. The molecule has 2 fully saturated rings. The summed E-state index contributed by atoms with van der Waals surface area (Å²) in [5, 5.41) is 13.7. The van der Waals surface area contributed by atoms with Crippen molar-refractivity contribution < 1.29 is 18.5 Å². The highest BCUT2D eigenvalue weighted by atomic mass is 35.5. The number of anilines is 1. The van der Waals surface area contributed by atoms with Gasteiger partial charge in [-0.2, -0.15) is 0 Å². The van der Waals surface area contributed by atoms with Gasteiger partial charge in [-0.15, -0.1) is 0 Å². The third-order valence-corrected chi connectivity index (χ3v) is 8.93. The molecule has 2 aromatic rings. The fraction of sp³-hybridized carbons (Fsp3) is 0.545. The zero-order valence-electron chi connectivity index (χ0n) is 18.3. The quantitative estimate of drug-likeness (QED) is 0.676. The number of aliphatic hydroxyl groups is 1. The van der Waals surface area contributed by atoms with Crippen molar-refractivity contribution >= 4 is 32.9 Å². The highest BCUT2D eigenvalue weighted by molar-refractivity contribution is 7.92. The summed E-state index contributed by atoms with van der Waals surface area (Å²) < 4.78 is 31.5. The summed E-state index contributed by atoms with van der Waals surface area (Å²) in [6.07, 6.45) is 6.05. The molecule has 0 spiro atoms. The average molecular weight is 483 g/mol. The number of nitrogens with one attached hydrogen (secondary N) is 1. The fourth-order valence-corrected chi connectivity index (χ4v) is 7.01. The van der Waals surface area contributed by atoms with E-state index in [4.69, 9.17) is 11.6 Å². The van der Waals surface area contributed by atoms with Crippen LogP contribution >= 0.6 is 11.6 Å². The predicted octanol–water partition coefficient (Wildman–Crippen LogP) is 3.83. The maximum Gasteiger partial charge on any atom is 0.274 e. The number of hydrogen-bond donors (Lipinski definition) is 2. The Bertz CT molecular complexity index is 1160. The first kappa shape index (κ1) is 23.2. The molecule has 0 bridgehead atoms. The van der Waals surface area contributed by atoms with E-state index < -0.39 is 21.1 Å². The number of imidazole rings is 1. The van der Waals surface area contributed by atoms with Gasteiger partial charge in [0.2, 0.25) is 0 Å². The molecule has 10 heteroatoms. The first-order valence-corrected chi connectivity index (χ1v) is 13.1. The molecule has 174 valence electrons. The number of carbonyl (C=O) groups excluding carboxylic acids is 1. The minimum Gasteiger partial charge on any atom is -0.389 e. The van der Waals surface area contributed by atoms with Gasteiger partial charge in [-0.3, -0.25) is 4.79 Å². The number of amides is 1. The standard InChI is InChI=1S/C22H28ClFN4O3S/c1-25-32(3,31)11-22(30)9-14-6-13(7-15(14)10-22)19-20(28(2)12-26-19)21(29)27-16-4-5-18(24)17(23)8-16/h4-5,8,12-15,30H,6-7,9-11H2,1-3H3,(H,27,29). The number of nitrogens with zero attached hydrogens (tertiary/aromatic N) is 3. The van der Waals surface area contributed by atoms with Gasteiger partial charge in [-0.25, -0.2) is 17.9 Å². The number of aromatic nitrogens is 2. The van der Waals surface area contributed by atoms with Crippen molar-refractivity contribution in [2.75, 3.05) is 24.4 Å². The Morgan fingerprint density at radius 2 is 2.06 bits per heavy atom. The van der Waals surface area contributed by atoms with Crippen molar-refractivity contribution in [1.29, 1.82) is 0 Å². The third-order valence-electron chi connectivity index (χ3n) is 6.79. The van der Waals surface area contributed by atoms with Gasteiger partial charge < -0.3 is 15.0 Å². The molecule has 1 aromatic carbocycles. The van der Waals surface area contributed by atoms with Crippen LogP contribution in [0.4, 0.5) is 10.1 Å². The number of hydrogen-bond acceptors (Lipinski definition) is 5. The van der Waals surface area contributed by atoms with Crippen LogP contribution in [0.1, 0.15) is 47.8 Å². The highest BCUT2D eigenvalue weighted by Crippen LogP contribution is 2.54.